The normalized spacial score (nSPS) is 11.3. The molecule has 82 valence electrons. The van der Waals surface area contributed by atoms with Crippen molar-refractivity contribution in [2.24, 2.45) is 0 Å². The molecule has 15 heavy (non-hydrogen) atoms. The van der Waals surface area contributed by atoms with Crippen LogP contribution in [0.3, 0.4) is 0 Å². The summed E-state index contributed by atoms with van der Waals surface area (Å²) in [6.45, 7) is 0. The van der Waals surface area contributed by atoms with Gasteiger partial charge in [0.25, 0.3) is 0 Å². The third-order valence-corrected chi connectivity index (χ3v) is 3.93. The van der Waals surface area contributed by atoms with Crippen LogP contribution in [0.25, 0.3) is 0 Å². The highest BCUT2D eigenvalue weighted by molar-refractivity contribution is 7.99. The summed E-state index contributed by atoms with van der Waals surface area (Å²) in [6.07, 6.45) is 2.57. The first kappa shape index (κ1) is 12.3. The lowest BCUT2D eigenvalue weighted by molar-refractivity contribution is -0.107. The van der Waals surface area contributed by atoms with Crippen molar-refractivity contribution in [2.75, 3.05) is 12.0 Å². The van der Waals surface area contributed by atoms with Gasteiger partial charge in [-0.25, -0.2) is 8.42 Å². The minimum atomic E-state index is -3.11. The Kier molecular flexibility index (Phi) is 4.35. The Hall–Kier alpha value is -0.810. The summed E-state index contributed by atoms with van der Waals surface area (Å²) in [4.78, 5) is 11.4. The van der Waals surface area contributed by atoms with Gasteiger partial charge in [-0.05, 0) is 24.3 Å². The van der Waals surface area contributed by atoms with Gasteiger partial charge < -0.3 is 4.79 Å². The fraction of sp³-hybridized carbons (Fsp3) is 0.300. The number of hydrogen-bond acceptors (Lipinski definition) is 4. The van der Waals surface area contributed by atoms with Gasteiger partial charge in [-0.1, -0.05) is 0 Å². The molecule has 3 nitrogen and oxygen atoms in total. The molecule has 1 aromatic carbocycles. The molecule has 0 spiro atoms. The number of sulfone groups is 1. The molecule has 0 saturated heterocycles. The van der Waals surface area contributed by atoms with Gasteiger partial charge in [-0.15, -0.1) is 11.8 Å². The van der Waals surface area contributed by atoms with Crippen LogP contribution in [0.5, 0.6) is 0 Å². The average Bonchev–Trinajstić information content (AvgIpc) is 2.18. The van der Waals surface area contributed by atoms with Crippen molar-refractivity contribution in [3.05, 3.63) is 24.3 Å². The SMILES string of the molecule is CS(=O)(=O)c1ccc(SCCC=O)cc1. The van der Waals surface area contributed by atoms with Crippen LogP contribution in [-0.2, 0) is 14.6 Å². The number of aldehydes is 1. The summed E-state index contributed by atoms with van der Waals surface area (Å²) in [7, 11) is -3.11. The van der Waals surface area contributed by atoms with Crippen molar-refractivity contribution in [2.45, 2.75) is 16.2 Å². The molecule has 0 bridgehead atoms. The molecule has 0 aliphatic carbocycles. The molecular weight excluding hydrogens is 232 g/mol. The zero-order valence-corrected chi connectivity index (χ0v) is 9.98. The third-order valence-electron chi connectivity index (χ3n) is 1.76. The molecule has 1 aromatic rings. The zero-order valence-electron chi connectivity index (χ0n) is 8.34. The standard InChI is InChI=1S/C10H12O3S2/c1-15(12,13)10-5-3-9(4-6-10)14-8-2-7-11/h3-7H,2,8H2,1H3. The second-order valence-electron chi connectivity index (χ2n) is 3.05. The van der Waals surface area contributed by atoms with Crippen molar-refractivity contribution < 1.29 is 13.2 Å². The smallest absolute Gasteiger partial charge is 0.175 e. The molecule has 0 aromatic heterocycles. The molecule has 0 aliphatic rings. The summed E-state index contributed by atoms with van der Waals surface area (Å²) in [5, 5.41) is 0. The summed E-state index contributed by atoms with van der Waals surface area (Å²) >= 11 is 1.54. The van der Waals surface area contributed by atoms with E-state index in [1.807, 2.05) is 0 Å². The van der Waals surface area contributed by atoms with E-state index in [4.69, 9.17) is 0 Å². The van der Waals surface area contributed by atoms with Gasteiger partial charge in [0, 0.05) is 23.3 Å². The number of rotatable bonds is 5. The van der Waals surface area contributed by atoms with Gasteiger partial charge in [0.05, 0.1) is 4.90 Å². The Morgan fingerprint density at radius 1 is 1.27 bits per heavy atom. The Labute approximate surface area is 93.8 Å². The van der Waals surface area contributed by atoms with E-state index in [1.54, 1.807) is 24.3 Å². The van der Waals surface area contributed by atoms with Crippen LogP contribution in [-0.4, -0.2) is 26.7 Å². The molecule has 0 N–H and O–H groups in total. The van der Waals surface area contributed by atoms with Gasteiger partial charge >= 0.3 is 0 Å². The molecule has 0 atom stereocenters. The first-order valence-corrected chi connectivity index (χ1v) is 7.28. The largest absolute Gasteiger partial charge is 0.303 e. The van der Waals surface area contributed by atoms with Crippen LogP contribution in [0.1, 0.15) is 6.42 Å². The lowest BCUT2D eigenvalue weighted by Gasteiger charge is -2.01. The van der Waals surface area contributed by atoms with Crippen LogP contribution in [0.15, 0.2) is 34.1 Å². The monoisotopic (exact) mass is 244 g/mol. The average molecular weight is 244 g/mol. The summed E-state index contributed by atoms with van der Waals surface area (Å²) in [5.41, 5.74) is 0. The topological polar surface area (TPSA) is 51.2 Å². The lowest BCUT2D eigenvalue weighted by Crippen LogP contribution is -1.96. The van der Waals surface area contributed by atoms with Gasteiger partial charge in [0.15, 0.2) is 9.84 Å². The van der Waals surface area contributed by atoms with Crippen LogP contribution < -0.4 is 0 Å². The molecule has 0 fully saturated rings. The van der Waals surface area contributed by atoms with Crippen molar-refractivity contribution in [1.29, 1.82) is 0 Å². The van der Waals surface area contributed by atoms with Crippen molar-refractivity contribution in [3.8, 4) is 0 Å². The van der Waals surface area contributed by atoms with E-state index in [0.29, 0.717) is 11.3 Å². The molecule has 0 saturated carbocycles. The molecule has 0 heterocycles. The molecule has 0 unspecified atom stereocenters. The number of benzene rings is 1. The quantitative estimate of drug-likeness (QED) is 0.450. The maximum Gasteiger partial charge on any atom is 0.175 e. The van der Waals surface area contributed by atoms with Crippen molar-refractivity contribution in [1.82, 2.24) is 0 Å². The van der Waals surface area contributed by atoms with Gasteiger partial charge in [0.2, 0.25) is 0 Å². The fourth-order valence-electron chi connectivity index (χ4n) is 1.01. The first-order chi connectivity index (χ1) is 7.04. The number of carbonyl (C=O) groups is 1. The van der Waals surface area contributed by atoms with Crippen LogP contribution >= 0.6 is 11.8 Å². The number of thioether (sulfide) groups is 1. The van der Waals surface area contributed by atoms with E-state index in [2.05, 4.69) is 0 Å². The predicted molar refractivity (Wildman–Crippen MR) is 61.0 cm³/mol. The minimum absolute atomic E-state index is 0.322. The highest BCUT2D eigenvalue weighted by atomic mass is 32.2. The Morgan fingerprint density at radius 3 is 2.33 bits per heavy atom. The molecule has 1 rings (SSSR count). The van der Waals surface area contributed by atoms with Crippen molar-refractivity contribution >= 4 is 27.9 Å². The molecule has 0 amide bonds. The van der Waals surface area contributed by atoms with Gasteiger partial charge in [-0.3, -0.25) is 0 Å². The summed E-state index contributed by atoms with van der Waals surface area (Å²) < 4.78 is 22.3. The van der Waals surface area contributed by atoms with Gasteiger partial charge in [0.1, 0.15) is 6.29 Å². The van der Waals surface area contributed by atoms with E-state index in [1.165, 1.54) is 18.0 Å². The molecular formula is C10H12O3S2. The van der Waals surface area contributed by atoms with Crippen molar-refractivity contribution in [3.63, 3.8) is 0 Å². The Morgan fingerprint density at radius 2 is 1.87 bits per heavy atom. The third kappa shape index (κ3) is 4.05. The lowest BCUT2D eigenvalue weighted by atomic mass is 10.4. The van der Waals surface area contributed by atoms with E-state index in [0.717, 1.165) is 16.9 Å². The zero-order chi connectivity index (χ0) is 11.3. The van der Waals surface area contributed by atoms with E-state index in [9.17, 15) is 13.2 Å². The minimum Gasteiger partial charge on any atom is -0.303 e. The van der Waals surface area contributed by atoms with Crippen LogP contribution in [0, 0.1) is 0 Å². The van der Waals surface area contributed by atoms with Crippen LogP contribution in [0.4, 0.5) is 0 Å². The van der Waals surface area contributed by atoms with E-state index >= 15 is 0 Å². The van der Waals surface area contributed by atoms with Gasteiger partial charge in [-0.2, -0.15) is 0 Å². The molecule has 0 aliphatic heterocycles. The summed E-state index contributed by atoms with van der Waals surface area (Å²) in [6, 6.07) is 6.68. The summed E-state index contributed by atoms with van der Waals surface area (Å²) in [5.74, 6) is 0.724. The first-order valence-electron chi connectivity index (χ1n) is 4.40. The highest BCUT2D eigenvalue weighted by Gasteiger charge is 2.05. The van der Waals surface area contributed by atoms with E-state index in [-0.39, 0.29) is 0 Å². The highest BCUT2D eigenvalue weighted by Crippen LogP contribution is 2.20. The molecule has 0 radical (unpaired) electrons. The maximum atomic E-state index is 11.2. The molecule has 5 heteroatoms. The predicted octanol–water partition coefficient (Wildman–Crippen LogP) is 1.77. The second kappa shape index (κ2) is 5.32. The Balaban J connectivity index is 2.69. The van der Waals surface area contributed by atoms with Crippen LogP contribution in [0.2, 0.25) is 0 Å². The fourth-order valence-corrected chi connectivity index (χ4v) is 2.42. The number of carbonyl (C=O) groups excluding carboxylic acids is 1. The number of hydrogen-bond donors (Lipinski definition) is 0. The Bertz CT molecular complexity index is 420. The maximum absolute atomic E-state index is 11.2. The second-order valence-corrected chi connectivity index (χ2v) is 6.23. The van der Waals surface area contributed by atoms with E-state index < -0.39 is 9.84 Å².